The van der Waals surface area contributed by atoms with Crippen LogP contribution in [-0.4, -0.2) is 31.3 Å². The molecule has 0 radical (unpaired) electrons. The van der Waals surface area contributed by atoms with Gasteiger partial charge in [0.1, 0.15) is 6.10 Å². The van der Waals surface area contributed by atoms with E-state index in [9.17, 15) is 4.79 Å². The Kier molecular flexibility index (Phi) is 9.60. The molecule has 1 amide bonds. The first kappa shape index (κ1) is 28.1. The monoisotopic (exact) mass is 534 g/mol. The summed E-state index contributed by atoms with van der Waals surface area (Å²) in [4.78, 5) is 12.3. The molecule has 1 heterocycles. The first-order valence-electron chi connectivity index (χ1n) is 15.7. The third-order valence-corrected chi connectivity index (χ3v) is 9.46. The molecule has 0 bridgehead atoms. The van der Waals surface area contributed by atoms with Gasteiger partial charge < -0.3 is 15.4 Å². The number of nitrogens with one attached hydrogen (secondary N) is 2. The molecule has 5 heteroatoms. The SMILES string of the molecule is CCCCNC(=O)OC1CNC(C(F)(c2ccc(C3CCCCC3)cc2)c2ccc(C3CCCCC3)cc2)C1. The average molecular weight is 535 g/mol. The highest BCUT2D eigenvalue weighted by molar-refractivity contribution is 5.67. The molecule has 2 aromatic rings. The van der Waals surface area contributed by atoms with Gasteiger partial charge in [-0.15, -0.1) is 0 Å². The number of hydrogen-bond donors (Lipinski definition) is 2. The van der Waals surface area contributed by atoms with Crippen LogP contribution in [0.1, 0.15) is 124 Å². The van der Waals surface area contributed by atoms with Gasteiger partial charge in [0.25, 0.3) is 0 Å². The van der Waals surface area contributed by atoms with E-state index in [0.29, 0.717) is 42.5 Å². The maximum absolute atomic E-state index is 17.6. The maximum atomic E-state index is 17.6. The maximum Gasteiger partial charge on any atom is 0.407 e. The van der Waals surface area contributed by atoms with E-state index in [1.807, 2.05) is 24.3 Å². The van der Waals surface area contributed by atoms with Gasteiger partial charge in [0.05, 0.1) is 6.04 Å². The molecule has 0 spiro atoms. The van der Waals surface area contributed by atoms with Crippen LogP contribution in [-0.2, 0) is 10.4 Å². The number of benzene rings is 2. The van der Waals surface area contributed by atoms with Crippen molar-refractivity contribution in [2.24, 2.45) is 0 Å². The second-order valence-electron chi connectivity index (χ2n) is 12.1. The lowest BCUT2D eigenvalue weighted by atomic mass is 9.78. The van der Waals surface area contributed by atoms with Gasteiger partial charge in [-0.2, -0.15) is 0 Å². The number of carbonyl (C=O) groups is 1. The summed E-state index contributed by atoms with van der Waals surface area (Å²) in [5, 5.41) is 6.21. The second kappa shape index (κ2) is 13.3. The van der Waals surface area contributed by atoms with Gasteiger partial charge in [-0.05, 0) is 66.2 Å². The number of rotatable bonds is 9. The molecule has 1 aliphatic heterocycles. The van der Waals surface area contributed by atoms with E-state index in [2.05, 4.69) is 41.8 Å². The van der Waals surface area contributed by atoms with Crippen LogP contribution in [0.15, 0.2) is 48.5 Å². The minimum absolute atomic E-state index is 0.352. The molecular weight excluding hydrogens is 487 g/mol. The summed E-state index contributed by atoms with van der Waals surface area (Å²) in [5.74, 6) is 1.18. The molecule has 4 nitrogen and oxygen atoms in total. The van der Waals surface area contributed by atoms with Crippen molar-refractivity contribution in [3.63, 3.8) is 0 Å². The summed E-state index contributed by atoms with van der Waals surface area (Å²) < 4.78 is 23.3. The fourth-order valence-electron chi connectivity index (χ4n) is 7.09. The molecule has 1 saturated heterocycles. The van der Waals surface area contributed by atoms with E-state index in [-0.39, 0.29) is 6.10 Å². The highest BCUT2D eigenvalue weighted by Gasteiger charge is 2.47. The Labute approximate surface area is 234 Å². The summed E-state index contributed by atoms with van der Waals surface area (Å²) in [6.45, 7) is 3.15. The molecular formula is C34H47FN2O2. The van der Waals surface area contributed by atoms with Crippen LogP contribution in [0.25, 0.3) is 0 Å². The van der Waals surface area contributed by atoms with Crippen LogP contribution in [0.5, 0.6) is 0 Å². The van der Waals surface area contributed by atoms with Crippen LogP contribution in [0.4, 0.5) is 9.18 Å². The molecule has 2 aromatic carbocycles. The molecule has 5 rings (SSSR count). The number of unbranched alkanes of at least 4 members (excludes halogenated alkanes) is 1. The van der Waals surface area contributed by atoms with Gasteiger partial charge >= 0.3 is 6.09 Å². The van der Waals surface area contributed by atoms with Crippen molar-refractivity contribution >= 4 is 6.09 Å². The molecule has 0 aromatic heterocycles. The summed E-state index contributed by atoms with van der Waals surface area (Å²) >= 11 is 0. The topological polar surface area (TPSA) is 50.4 Å². The van der Waals surface area contributed by atoms with Crippen molar-refractivity contribution in [2.45, 2.75) is 120 Å². The smallest absolute Gasteiger partial charge is 0.407 e. The van der Waals surface area contributed by atoms with Crippen LogP contribution < -0.4 is 10.6 Å². The van der Waals surface area contributed by atoms with Gasteiger partial charge in [0, 0.05) is 19.5 Å². The van der Waals surface area contributed by atoms with Crippen molar-refractivity contribution in [3.05, 3.63) is 70.8 Å². The summed E-state index contributed by atoms with van der Waals surface area (Å²) in [6.07, 6.45) is 14.3. The second-order valence-corrected chi connectivity index (χ2v) is 12.1. The fraction of sp³-hybridized carbons (Fsp3) is 0.618. The third kappa shape index (κ3) is 6.67. The zero-order valence-electron chi connectivity index (χ0n) is 23.7. The van der Waals surface area contributed by atoms with Gasteiger partial charge in [-0.1, -0.05) is 100 Å². The Balaban J connectivity index is 1.37. The summed E-state index contributed by atoms with van der Waals surface area (Å²) in [5.41, 5.74) is 2.30. The van der Waals surface area contributed by atoms with Crippen molar-refractivity contribution in [1.29, 1.82) is 0 Å². The van der Waals surface area contributed by atoms with E-state index in [0.717, 1.165) is 12.8 Å². The Morgan fingerprint density at radius 2 is 1.38 bits per heavy atom. The van der Waals surface area contributed by atoms with Gasteiger partial charge in [0.15, 0.2) is 5.67 Å². The normalized spacial score (nSPS) is 23.0. The van der Waals surface area contributed by atoms with Gasteiger partial charge in [-0.3, -0.25) is 0 Å². The highest BCUT2D eigenvalue weighted by atomic mass is 19.1. The lowest BCUT2D eigenvalue weighted by Crippen LogP contribution is -2.43. The number of amides is 1. The van der Waals surface area contributed by atoms with Crippen molar-refractivity contribution in [2.75, 3.05) is 13.1 Å². The molecule has 2 saturated carbocycles. The largest absolute Gasteiger partial charge is 0.445 e. The molecule has 2 atom stereocenters. The molecule has 3 aliphatic rings. The number of carbonyl (C=O) groups excluding carboxylic acids is 1. The fourth-order valence-corrected chi connectivity index (χ4v) is 7.09. The van der Waals surface area contributed by atoms with Crippen LogP contribution in [0, 0.1) is 0 Å². The van der Waals surface area contributed by atoms with Crippen LogP contribution in [0.2, 0.25) is 0 Å². The Hall–Kier alpha value is -2.40. The molecule has 2 unspecified atom stereocenters. The zero-order chi connectivity index (χ0) is 27.1. The lowest BCUT2D eigenvalue weighted by molar-refractivity contribution is 0.0978. The minimum atomic E-state index is -1.72. The summed E-state index contributed by atoms with van der Waals surface area (Å²) in [6, 6.07) is 16.2. The number of alkyl carbamates (subject to hydrolysis) is 1. The van der Waals surface area contributed by atoms with Gasteiger partial charge in [0.2, 0.25) is 0 Å². The molecule has 2 aliphatic carbocycles. The highest BCUT2D eigenvalue weighted by Crippen LogP contribution is 2.43. The molecule has 212 valence electrons. The predicted molar refractivity (Wildman–Crippen MR) is 156 cm³/mol. The predicted octanol–water partition coefficient (Wildman–Crippen LogP) is 8.25. The lowest BCUT2D eigenvalue weighted by Gasteiger charge is -2.33. The summed E-state index contributed by atoms with van der Waals surface area (Å²) in [7, 11) is 0. The average Bonchev–Trinajstić information content (AvgIpc) is 3.47. The van der Waals surface area contributed by atoms with E-state index < -0.39 is 17.8 Å². The minimum Gasteiger partial charge on any atom is -0.445 e. The van der Waals surface area contributed by atoms with E-state index in [1.165, 1.54) is 75.3 Å². The third-order valence-electron chi connectivity index (χ3n) is 9.46. The molecule has 3 fully saturated rings. The zero-order valence-corrected chi connectivity index (χ0v) is 23.7. The first-order chi connectivity index (χ1) is 19.1. The number of ether oxygens (including phenoxy) is 1. The van der Waals surface area contributed by atoms with E-state index >= 15 is 4.39 Å². The standard InChI is InChI=1S/C34H47FN2O2/c1-2-3-22-36-33(38)39-31-23-32(37-24-31)34(35,29-18-14-27(15-19-29)25-10-6-4-7-11-25)30-20-16-28(17-21-30)26-12-8-5-9-13-26/h14-21,25-26,31-32,37H,2-13,22-24H2,1H3,(H,36,38). The van der Waals surface area contributed by atoms with E-state index in [1.54, 1.807) is 0 Å². The number of halogens is 1. The number of hydrogen-bond acceptors (Lipinski definition) is 3. The Bertz CT molecular complexity index is 980. The molecule has 39 heavy (non-hydrogen) atoms. The quantitative estimate of drug-likeness (QED) is 0.319. The Morgan fingerprint density at radius 3 is 1.87 bits per heavy atom. The van der Waals surface area contributed by atoms with E-state index in [4.69, 9.17) is 4.74 Å². The van der Waals surface area contributed by atoms with Gasteiger partial charge in [-0.25, -0.2) is 9.18 Å². The van der Waals surface area contributed by atoms with Crippen molar-refractivity contribution in [1.82, 2.24) is 10.6 Å². The molecule has 2 N–H and O–H groups in total. The number of alkyl halides is 1. The van der Waals surface area contributed by atoms with Crippen molar-refractivity contribution in [3.8, 4) is 0 Å². The van der Waals surface area contributed by atoms with Crippen LogP contribution in [0.3, 0.4) is 0 Å². The Morgan fingerprint density at radius 1 is 0.872 bits per heavy atom. The first-order valence-corrected chi connectivity index (χ1v) is 15.7. The van der Waals surface area contributed by atoms with Crippen LogP contribution >= 0.6 is 0 Å². The van der Waals surface area contributed by atoms with Crippen molar-refractivity contribution < 1.29 is 13.9 Å².